The number of hydrogen-bond acceptors (Lipinski definition) is 4. The van der Waals surface area contributed by atoms with Crippen LogP contribution in [0.25, 0.3) is 0 Å². The number of imide groups is 1. The Hall–Kier alpha value is -1.92. The fraction of sp³-hybridized carbons (Fsp3) is 0.636. The molecule has 1 aromatic heterocycles. The van der Waals surface area contributed by atoms with Crippen LogP contribution >= 0.6 is 0 Å². The molecule has 3 amide bonds. The summed E-state index contributed by atoms with van der Waals surface area (Å²) in [5.41, 5.74) is -0.213. The topological polar surface area (TPSA) is 88.9 Å². The van der Waals surface area contributed by atoms with Crippen LogP contribution in [0.2, 0.25) is 0 Å². The molecule has 0 radical (unpaired) electrons. The van der Waals surface area contributed by atoms with E-state index in [1.54, 1.807) is 11.6 Å². The van der Waals surface area contributed by atoms with Gasteiger partial charge in [-0.3, -0.25) is 10.1 Å². The minimum Gasteiger partial charge on any atom is -0.326 e. The highest BCUT2D eigenvalue weighted by Gasteiger charge is 2.32. The summed E-state index contributed by atoms with van der Waals surface area (Å²) in [7, 11) is 0. The zero-order valence-corrected chi connectivity index (χ0v) is 10.9. The van der Waals surface area contributed by atoms with Crippen molar-refractivity contribution in [1.29, 1.82) is 0 Å². The highest BCUT2D eigenvalue weighted by molar-refractivity contribution is 6.04. The van der Waals surface area contributed by atoms with Gasteiger partial charge in [0, 0.05) is 6.42 Å². The summed E-state index contributed by atoms with van der Waals surface area (Å²) in [4.78, 5) is 26.9. The van der Waals surface area contributed by atoms with Crippen molar-refractivity contribution in [3.63, 3.8) is 0 Å². The second-order valence-electron chi connectivity index (χ2n) is 5.38. The summed E-state index contributed by atoms with van der Waals surface area (Å²) in [6, 6.07) is -1.02. The first-order chi connectivity index (χ1) is 8.27. The summed E-state index contributed by atoms with van der Waals surface area (Å²) in [5, 5.41) is 9.09. The molecule has 2 rings (SSSR count). The van der Waals surface area contributed by atoms with Gasteiger partial charge in [-0.1, -0.05) is 0 Å². The van der Waals surface area contributed by atoms with E-state index in [1.807, 2.05) is 20.8 Å². The molecule has 1 unspecified atom stereocenters. The summed E-state index contributed by atoms with van der Waals surface area (Å²) < 4.78 is 1.79. The molecule has 0 spiro atoms. The quantitative estimate of drug-likeness (QED) is 0.729. The molecule has 2 heterocycles. The van der Waals surface area contributed by atoms with E-state index in [2.05, 4.69) is 20.7 Å². The van der Waals surface area contributed by atoms with Crippen molar-refractivity contribution in [3.8, 4) is 0 Å². The fourth-order valence-corrected chi connectivity index (χ4v) is 1.91. The number of aryl methyl sites for hydroxylation is 1. The molecular formula is C11H17N5O2. The Kier molecular flexibility index (Phi) is 2.84. The van der Waals surface area contributed by atoms with Gasteiger partial charge in [0.05, 0.1) is 5.54 Å². The maximum Gasteiger partial charge on any atom is 0.322 e. The first-order valence-electron chi connectivity index (χ1n) is 5.82. The molecule has 7 nitrogen and oxygen atoms in total. The maximum atomic E-state index is 11.5. The average molecular weight is 251 g/mol. The SMILES string of the molecule is Cc1nc(CC2NC(=O)NC2=O)n(C(C)(C)C)n1. The third kappa shape index (κ3) is 2.34. The lowest BCUT2D eigenvalue weighted by atomic mass is 10.1. The first kappa shape index (κ1) is 12.5. The van der Waals surface area contributed by atoms with E-state index < -0.39 is 12.1 Å². The van der Waals surface area contributed by atoms with Gasteiger partial charge in [-0.15, -0.1) is 0 Å². The second-order valence-corrected chi connectivity index (χ2v) is 5.38. The van der Waals surface area contributed by atoms with Crippen molar-refractivity contribution < 1.29 is 9.59 Å². The van der Waals surface area contributed by atoms with Crippen molar-refractivity contribution >= 4 is 11.9 Å². The number of carbonyl (C=O) groups excluding carboxylic acids is 2. The standard InChI is InChI=1S/C11H17N5O2/c1-6-12-8(16(15-6)11(2,3)4)5-7-9(17)14-10(18)13-7/h7H,5H2,1-4H3,(H2,13,14,17,18). The predicted molar refractivity (Wildman–Crippen MR) is 63.9 cm³/mol. The first-order valence-corrected chi connectivity index (χ1v) is 5.82. The molecule has 0 saturated carbocycles. The zero-order valence-electron chi connectivity index (χ0n) is 10.9. The van der Waals surface area contributed by atoms with Gasteiger partial charge in [-0.05, 0) is 27.7 Å². The van der Waals surface area contributed by atoms with E-state index in [4.69, 9.17) is 0 Å². The number of nitrogens with one attached hydrogen (secondary N) is 2. The van der Waals surface area contributed by atoms with Gasteiger partial charge in [0.1, 0.15) is 17.7 Å². The van der Waals surface area contributed by atoms with E-state index in [0.717, 1.165) is 0 Å². The van der Waals surface area contributed by atoms with E-state index >= 15 is 0 Å². The van der Waals surface area contributed by atoms with Gasteiger partial charge in [-0.25, -0.2) is 14.5 Å². The zero-order chi connectivity index (χ0) is 13.5. The fourth-order valence-electron chi connectivity index (χ4n) is 1.91. The molecule has 7 heteroatoms. The molecule has 2 N–H and O–H groups in total. The molecular weight excluding hydrogens is 234 g/mol. The molecule has 18 heavy (non-hydrogen) atoms. The Labute approximate surface area is 105 Å². The highest BCUT2D eigenvalue weighted by Crippen LogP contribution is 2.16. The molecule has 1 saturated heterocycles. The molecule has 1 aromatic rings. The van der Waals surface area contributed by atoms with Gasteiger partial charge >= 0.3 is 6.03 Å². The van der Waals surface area contributed by atoms with Crippen LogP contribution in [-0.4, -0.2) is 32.7 Å². The third-order valence-corrected chi connectivity index (χ3v) is 2.66. The van der Waals surface area contributed by atoms with Crippen LogP contribution in [0.5, 0.6) is 0 Å². The Bertz CT molecular complexity index is 500. The minimum absolute atomic E-state index is 0.213. The molecule has 98 valence electrons. The Morgan fingerprint density at radius 1 is 1.33 bits per heavy atom. The van der Waals surface area contributed by atoms with Gasteiger partial charge in [-0.2, -0.15) is 5.10 Å². The summed E-state index contributed by atoms with van der Waals surface area (Å²) in [6.07, 6.45) is 0.343. The van der Waals surface area contributed by atoms with E-state index in [1.165, 1.54) is 0 Å². The smallest absolute Gasteiger partial charge is 0.322 e. The van der Waals surface area contributed by atoms with Gasteiger partial charge in [0.15, 0.2) is 0 Å². The van der Waals surface area contributed by atoms with Crippen LogP contribution < -0.4 is 10.6 Å². The molecule has 0 aliphatic carbocycles. The van der Waals surface area contributed by atoms with Crippen molar-refractivity contribution in [1.82, 2.24) is 25.4 Å². The van der Waals surface area contributed by atoms with Gasteiger partial charge < -0.3 is 5.32 Å². The monoisotopic (exact) mass is 251 g/mol. The van der Waals surface area contributed by atoms with Crippen LogP contribution in [-0.2, 0) is 16.8 Å². The normalized spacial score (nSPS) is 19.9. The lowest BCUT2D eigenvalue weighted by Gasteiger charge is -2.21. The second kappa shape index (κ2) is 4.08. The number of aromatic nitrogens is 3. The molecule has 0 bridgehead atoms. The summed E-state index contributed by atoms with van der Waals surface area (Å²) in [6.45, 7) is 7.84. The summed E-state index contributed by atoms with van der Waals surface area (Å²) in [5.74, 6) is 1.04. The van der Waals surface area contributed by atoms with Gasteiger partial charge in [0.25, 0.3) is 5.91 Å². The number of amides is 3. The molecule has 1 aliphatic rings. The van der Waals surface area contributed by atoms with Crippen LogP contribution in [0.15, 0.2) is 0 Å². The Morgan fingerprint density at radius 2 is 2.00 bits per heavy atom. The van der Waals surface area contributed by atoms with E-state index in [9.17, 15) is 9.59 Å². The summed E-state index contributed by atoms with van der Waals surface area (Å²) >= 11 is 0. The highest BCUT2D eigenvalue weighted by atomic mass is 16.2. The van der Waals surface area contributed by atoms with Crippen LogP contribution in [0, 0.1) is 6.92 Å². The predicted octanol–water partition coefficient (Wildman–Crippen LogP) is 0.0920. The number of nitrogens with zero attached hydrogens (tertiary/aromatic N) is 3. The van der Waals surface area contributed by atoms with E-state index in [-0.39, 0.29) is 11.4 Å². The van der Waals surface area contributed by atoms with Crippen LogP contribution in [0.3, 0.4) is 0 Å². The van der Waals surface area contributed by atoms with Gasteiger partial charge in [0.2, 0.25) is 0 Å². The van der Waals surface area contributed by atoms with Crippen molar-refractivity contribution in [2.24, 2.45) is 0 Å². The number of urea groups is 1. The molecule has 0 aromatic carbocycles. The average Bonchev–Trinajstić information content (AvgIpc) is 2.70. The van der Waals surface area contributed by atoms with Crippen LogP contribution in [0.1, 0.15) is 32.4 Å². The van der Waals surface area contributed by atoms with Crippen molar-refractivity contribution in [2.75, 3.05) is 0 Å². The molecule has 1 atom stereocenters. The number of rotatable bonds is 2. The minimum atomic E-state index is -0.567. The number of carbonyl (C=O) groups is 2. The lowest BCUT2D eigenvalue weighted by molar-refractivity contribution is -0.120. The lowest BCUT2D eigenvalue weighted by Crippen LogP contribution is -2.34. The third-order valence-electron chi connectivity index (χ3n) is 2.66. The Morgan fingerprint density at radius 3 is 2.50 bits per heavy atom. The molecule has 1 aliphatic heterocycles. The van der Waals surface area contributed by atoms with Crippen molar-refractivity contribution in [3.05, 3.63) is 11.6 Å². The Balaban J connectivity index is 2.24. The molecule has 1 fully saturated rings. The van der Waals surface area contributed by atoms with Crippen molar-refractivity contribution in [2.45, 2.75) is 45.7 Å². The van der Waals surface area contributed by atoms with Crippen LogP contribution in [0.4, 0.5) is 4.79 Å². The number of hydrogen-bond donors (Lipinski definition) is 2. The largest absolute Gasteiger partial charge is 0.326 e. The maximum absolute atomic E-state index is 11.5. The van der Waals surface area contributed by atoms with E-state index in [0.29, 0.717) is 18.1 Å².